The standard InChI is InChI=1S/C22H22N2O3/c1-14-4-7-17(8-5-14)24-19-10-16(11-20(25)18(19)13-23-24)15-6-9-21(26-2)22(12-15)27-3/h4-9,12-13,16H,10-11H2,1-3H3. The van der Waals surface area contributed by atoms with E-state index in [4.69, 9.17) is 9.47 Å². The predicted octanol–water partition coefficient (Wildman–Crippen LogP) is 4.11. The van der Waals surface area contributed by atoms with Crippen molar-refractivity contribution < 1.29 is 14.3 Å². The molecule has 0 spiro atoms. The topological polar surface area (TPSA) is 53.3 Å². The molecule has 27 heavy (non-hydrogen) atoms. The van der Waals surface area contributed by atoms with Crippen LogP contribution in [-0.2, 0) is 6.42 Å². The second kappa shape index (κ2) is 6.91. The molecule has 1 unspecified atom stereocenters. The number of fused-ring (bicyclic) bond motifs is 1. The van der Waals surface area contributed by atoms with Gasteiger partial charge in [-0.05, 0) is 49.1 Å². The normalized spacial score (nSPS) is 16.1. The van der Waals surface area contributed by atoms with Crippen LogP contribution < -0.4 is 9.47 Å². The number of carbonyl (C=O) groups excluding carboxylic acids is 1. The lowest BCUT2D eigenvalue weighted by Gasteiger charge is -2.23. The van der Waals surface area contributed by atoms with E-state index < -0.39 is 0 Å². The second-order valence-corrected chi connectivity index (χ2v) is 6.90. The Morgan fingerprint density at radius 3 is 2.44 bits per heavy atom. The molecule has 1 aliphatic carbocycles. The summed E-state index contributed by atoms with van der Waals surface area (Å²) in [5.41, 5.74) is 4.94. The van der Waals surface area contributed by atoms with Gasteiger partial charge in [0.2, 0.25) is 0 Å². The summed E-state index contributed by atoms with van der Waals surface area (Å²) >= 11 is 0. The summed E-state index contributed by atoms with van der Waals surface area (Å²) in [4.78, 5) is 12.7. The van der Waals surface area contributed by atoms with Crippen LogP contribution in [0.25, 0.3) is 5.69 Å². The number of Topliss-reactive ketones (excluding diaryl/α,β-unsaturated/α-hetero) is 1. The maximum Gasteiger partial charge on any atom is 0.166 e. The fraction of sp³-hybridized carbons (Fsp3) is 0.273. The first-order valence-electron chi connectivity index (χ1n) is 8.99. The number of ketones is 1. The zero-order valence-electron chi connectivity index (χ0n) is 15.7. The van der Waals surface area contributed by atoms with Crippen molar-refractivity contribution in [1.29, 1.82) is 0 Å². The number of benzene rings is 2. The fourth-order valence-corrected chi connectivity index (χ4v) is 3.69. The van der Waals surface area contributed by atoms with Crippen LogP contribution in [0.2, 0.25) is 0 Å². The molecule has 1 aromatic heterocycles. The van der Waals surface area contributed by atoms with Crippen LogP contribution in [0, 0.1) is 6.92 Å². The van der Waals surface area contributed by atoms with Gasteiger partial charge in [-0.15, -0.1) is 0 Å². The number of aromatic nitrogens is 2. The Bertz CT molecular complexity index is 989. The van der Waals surface area contributed by atoms with E-state index in [9.17, 15) is 4.79 Å². The van der Waals surface area contributed by atoms with Gasteiger partial charge < -0.3 is 9.47 Å². The van der Waals surface area contributed by atoms with E-state index in [1.807, 2.05) is 35.0 Å². The Morgan fingerprint density at radius 1 is 1.00 bits per heavy atom. The van der Waals surface area contributed by atoms with Gasteiger partial charge in [-0.3, -0.25) is 4.79 Å². The number of ether oxygens (including phenoxy) is 2. The Balaban J connectivity index is 1.71. The summed E-state index contributed by atoms with van der Waals surface area (Å²) in [5.74, 6) is 1.59. The van der Waals surface area contributed by atoms with E-state index in [-0.39, 0.29) is 11.7 Å². The van der Waals surface area contributed by atoms with Crippen molar-refractivity contribution in [2.45, 2.75) is 25.7 Å². The molecular formula is C22H22N2O3. The molecule has 5 heteroatoms. The van der Waals surface area contributed by atoms with Gasteiger partial charge in [0.05, 0.1) is 37.4 Å². The molecule has 2 aromatic carbocycles. The quantitative estimate of drug-likeness (QED) is 0.701. The molecule has 0 saturated carbocycles. The third-order valence-electron chi connectivity index (χ3n) is 5.20. The zero-order chi connectivity index (χ0) is 19.0. The van der Waals surface area contributed by atoms with Crippen molar-refractivity contribution >= 4 is 5.78 Å². The van der Waals surface area contributed by atoms with Gasteiger partial charge >= 0.3 is 0 Å². The van der Waals surface area contributed by atoms with Crippen LogP contribution in [0.15, 0.2) is 48.7 Å². The van der Waals surface area contributed by atoms with E-state index in [1.54, 1.807) is 20.4 Å². The van der Waals surface area contributed by atoms with Crippen molar-refractivity contribution in [2.75, 3.05) is 14.2 Å². The second-order valence-electron chi connectivity index (χ2n) is 6.90. The maximum absolute atomic E-state index is 12.7. The van der Waals surface area contributed by atoms with Crippen molar-refractivity contribution in [3.63, 3.8) is 0 Å². The highest BCUT2D eigenvalue weighted by Crippen LogP contribution is 2.37. The van der Waals surface area contributed by atoms with Crippen LogP contribution in [-0.4, -0.2) is 29.8 Å². The smallest absolute Gasteiger partial charge is 0.166 e. The Labute approximate surface area is 158 Å². The molecule has 0 radical (unpaired) electrons. The van der Waals surface area contributed by atoms with Crippen molar-refractivity contribution in [2.24, 2.45) is 0 Å². The highest BCUT2D eigenvalue weighted by atomic mass is 16.5. The number of hydrogen-bond donors (Lipinski definition) is 0. The molecule has 0 saturated heterocycles. The molecule has 1 atom stereocenters. The molecule has 0 N–H and O–H groups in total. The van der Waals surface area contributed by atoms with Crippen molar-refractivity contribution in [1.82, 2.24) is 9.78 Å². The van der Waals surface area contributed by atoms with Gasteiger partial charge in [-0.1, -0.05) is 23.8 Å². The fourth-order valence-electron chi connectivity index (χ4n) is 3.69. The van der Waals surface area contributed by atoms with Crippen molar-refractivity contribution in [3.05, 3.63) is 71.0 Å². The molecule has 3 aromatic rings. The van der Waals surface area contributed by atoms with Crippen LogP contribution in [0.4, 0.5) is 0 Å². The SMILES string of the molecule is COc1ccc(C2CC(=O)c3cnn(-c4ccc(C)cc4)c3C2)cc1OC. The van der Waals surface area contributed by atoms with Gasteiger partial charge in [0.15, 0.2) is 17.3 Å². The van der Waals surface area contributed by atoms with Gasteiger partial charge in [0.25, 0.3) is 0 Å². The van der Waals surface area contributed by atoms with Gasteiger partial charge in [-0.25, -0.2) is 4.68 Å². The Hall–Kier alpha value is -3.08. The Kier molecular flexibility index (Phi) is 4.44. The molecule has 138 valence electrons. The molecular weight excluding hydrogens is 340 g/mol. The minimum Gasteiger partial charge on any atom is -0.493 e. The molecule has 0 bridgehead atoms. The number of rotatable bonds is 4. The number of aryl methyl sites for hydroxylation is 1. The van der Waals surface area contributed by atoms with E-state index in [2.05, 4.69) is 24.2 Å². The average molecular weight is 362 g/mol. The summed E-state index contributed by atoms with van der Waals surface area (Å²) in [7, 11) is 3.24. The highest BCUT2D eigenvalue weighted by Gasteiger charge is 2.30. The van der Waals surface area contributed by atoms with E-state index in [0.29, 0.717) is 17.9 Å². The number of methoxy groups -OCH3 is 2. The number of hydrogen-bond acceptors (Lipinski definition) is 4. The monoisotopic (exact) mass is 362 g/mol. The molecule has 1 aliphatic rings. The van der Waals surface area contributed by atoms with Crippen molar-refractivity contribution in [3.8, 4) is 17.2 Å². The lowest BCUT2D eigenvalue weighted by molar-refractivity contribution is 0.0963. The van der Waals surface area contributed by atoms with E-state index in [0.717, 1.165) is 28.9 Å². The first-order valence-corrected chi connectivity index (χ1v) is 8.99. The molecule has 0 aliphatic heterocycles. The molecule has 4 rings (SSSR count). The highest BCUT2D eigenvalue weighted by molar-refractivity contribution is 5.98. The van der Waals surface area contributed by atoms with Gasteiger partial charge in [-0.2, -0.15) is 5.10 Å². The number of carbonyl (C=O) groups is 1. The summed E-state index contributed by atoms with van der Waals surface area (Å²) in [6.45, 7) is 2.05. The predicted molar refractivity (Wildman–Crippen MR) is 103 cm³/mol. The van der Waals surface area contributed by atoms with Crippen LogP contribution in [0.3, 0.4) is 0 Å². The summed E-state index contributed by atoms with van der Waals surface area (Å²) in [6.07, 6.45) is 2.93. The third kappa shape index (κ3) is 3.10. The van der Waals surface area contributed by atoms with E-state index >= 15 is 0 Å². The summed E-state index contributed by atoms with van der Waals surface area (Å²) < 4.78 is 12.6. The van der Waals surface area contributed by atoms with Gasteiger partial charge in [0, 0.05) is 6.42 Å². The average Bonchev–Trinajstić information content (AvgIpc) is 3.12. The van der Waals surface area contributed by atoms with Gasteiger partial charge in [0.1, 0.15) is 0 Å². The summed E-state index contributed by atoms with van der Waals surface area (Å²) in [5, 5.41) is 4.49. The van der Waals surface area contributed by atoms with Crippen LogP contribution in [0.5, 0.6) is 11.5 Å². The lowest BCUT2D eigenvalue weighted by Crippen LogP contribution is -2.20. The minimum absolute atomic E-state index is 0.0886. The van der Waals surface area contributed by atoms with E-state index in [1.165, 1.54) is 5.56 Å². The molecule has 0 fully saturated rings. The summed E-state index contributed by atoms with van der Waals surface area (Å²) in [6, 6.07) is 14.1. The zero-order valence-corrected chi connectivity index (χ0v) is 15.7. The Morgan fingerprint density at radius 2 is 1.74 bits per heavy atom. The third-order valence-corrected chi connectivity index (χ3v) is 5.20. The minimum atomic E-state index is 0.0886. The van der Waals surface area contributed by atoms with Crippen LogP contribution >= 0.6 is 0 Å². The molecule has 1 heterocycles. The largest absolute Gasteiger partial charge is 0.493 e. The lowest BCUT2D eigenvalue weighted by atomic mass is 9.82. The molecule has 0 amide bonds. The van der Waals surface area contributed by atoms with Crippen LogP contribution in [0.1, 0.15) is 39.5 Å². The number of nitrogens with zero attached hydrogens (tertiary/aromatic N) is 2. The molecule has 5 nitrogen and oxygen atoms in total. The first kappa shape index (κ1) is 17.3. The first-order chi connectivity index (χ1) is 13.1. The maximum atomic E-state index is 12.7.